The second-order valence-electron chi connectivity index (χ2n) is 4.75. The summed E-state index contributed by atoms with van der Waals surface area (Å²) in [5, 5.41) is 0.651. The summed E-state index contributed by atoms with van der Waals surface area (Å²) in [6.07, 6.45) is 4.12. The van der Waals surface area contributed by atoms with Gasteiger partial charge in [0.1, 0.15) is 11.6 Å². The Morgan fingerprint density at radius 3 is 2.58 bits per heavy atom. The standard InChI is InChI=1S/C14H16BrF2NO/c15-7-8-18(11-3-1-2-4-11)14(19)12-6-5-10(16)9-13(12)17/h5-6,9,11H,1-4,7-8H2. The van der Waals surface area contributed by atoms with Gasteiger partial charge in [0, 0.05) is 24.0 Å². The lowest BCUT2D eigenvalue weighted by atomic mass is 10.1. The van der Waals surface area contributed by atoms with Crippen molar-refractivity contribution in [1.29, 1.82) is 0 Å². The maximum Gasteiger partial charge on any atom is 0.257 e. The number of rotatable bonds is 4. The van der Waals surface area contributed by atoms with E-state index >= 15 is 0 Å². The molecule has 5 heteroatoms. The van der Waals surface area contributed by atoms with Crippen molar-refractivity contribution in [2.75, 3.05) is 11.9 Å². The first-order chi connectivity index (χ1) is 9.13. The van der Waals surface area contributed by atoms with Gasteiger partial charge in [0.2, 0.25) is 0 Å². The summed E-state index contributed by atoms with van der Waals surface area (Å²) in [7, 11) is 0. The third-order valence-corrected chi connectivity index (χ3v) is 3.87. The van der Waals surface area contributed by atoms with Gasteiger partial charge in [-0.05, 0) is 25.0 Å². The van der Waals surface area contributed by atoms with Gasteiger partial charge >= 0.3 is 0 Å². The fourth-order valence-corrected chi connectivity index (χ4v) is 2.96. The second kappa shape index (κ2) is 6.46. The van der Waals surface area contributed by atoms with Gasteiger partial charge < -0.3 is 4.90 Å². The molecule has 0 atom stereocenters. The van der Waals surface area contributed by atoms with Crippen molar-refractivity contribution in [1.82, 2.24) is 4.90 Å². The predicted molar refractivity (Wildman–Crippen MR) is 73.4 cm³/mol. The fourth-order valence-electron chi connectivity index (χ4n) is 2.57. The van der Waals surface area contributed by atoms with Crippen LogP contribution in [-0.4, -0.2) is 28.7 Å². The molecule has 104 valence electrons. The summed E-state index contributed by atoms with van der Waals surface area (Å²) in [6, 6.07) is 3.28. The third-order valence-electron chi connectivity index (χ3n) is 3.51. The highest BCUT2D eigenvalue weighted by Crippen LogP contribution is 2.25. The number of carbonyl (C=O) groups excluding carboxylic acids is 1. The molecule has 2 nitrogen and oxygen atoms in total. The molecule has 1 amide bonds. The van der Waals surface area contributed by atoms with Gasteiger partial charge in [-0.15, -0.1) is 0 Å². The van der Waals surface area contributed by atoms with Gasteiger partial charge in [0.05, 0.1) is 5.56 Å². The number of alkyl halides is 1. The number of carbonyl (C=O) groups is 1. The number of hydrogen-bond acceptors (Lipinski definition) is 1. The minimum absolute atomic E-state index is 0.0470. The van der Waals surface area contributed by atoms with Crippen LogP contribution in [0.2, 0.25) is 0 Å². The molecular formula is C14H16BrF2NO. The Hall–Kier alpha value is -0.970. The zero-order valence-corrected chi connectivity index (χ0v) is 12.1. The molecule has 1 saturated carbocycles. The quantitative estimate of drug-likeness (QED) is 0.769. The lowest BCUT2D eigenvalue weighted by Crippen LogP contribution is -2.40. The van der Waals surface area contributed by atoms with Gasteiger partial charge in [-0.2, -0.15) is 0 Å². The molecule has 1 aliphatic carbocycles. The first-order valence-electron chi connectivity index (χ1n) is 6.45. The molecule has 0 saturated heterocycles. The zero-order chi connectivity index (χ0) is 13.8. The van der Waals surface area contributed by atoms with E-state index in [9.17, 15) is 13.6 Å². The van der Waals surface area contributed by atoms with Crippen LogP contribution in [0.3, 0.4) is 0 Å². The first-order valence-corrected chi connectivity index (χ1v) is 7.57. The van der Waals surface area contributed by atoms with E-state index in [0.717, 1.165) is 37.8 Å². The van der Waals surface area contributed by atoms with Crippen LogP contribution in [0.25, 0.3) is 0 Å². The summed E-state index contributed by atoms with van der Waals surface area (Å²) in [6.45, 7) is 0.542. The number of benzene rings is 1. The van der Waals surface area contributed by atoms with Crippen molar-refractivity contribution in [2.24, 2.45) is 0 Å². The molecule has 1 fully saturated rings. The molecule has 0 radical (unpaired) electrons. The first kappa shape index (κ1) is 14.4. The molecule has 2 rings (SSSR count). The number of nitrogens with zero attached hydrogens (tertiary/aromatic N) is 1. The van der Waals surface area contributed by atoms with Crippen LogP contribution in [0, 0.1) is 11.6 Å². The van der Waals surface area contributed by atoms with Crippen molar-refractivity contribution < 1.29 is 13.6 Å². The minimum Gasteiger partial charge on any atom is -0.335 e. The van der Waals surface area contributed by atoms with E-state index in [1.807, 2.05) is 0 Å². The molecule has 0 aromatic heterocycles. The Morgan fingerprint density at radius 2 is 2.00 bits per heavy atom. The van der Waals surface area contributed by atoms with Crippen LogP contribution < -0.4 is 0 Å². The van der Waals surface area contributed by atoms with E-state index in [-0.39, 0.29) is 17.5 Å². The van der Waals surface area contributed by atoms with Crippen LogP contribution in [0.4, 0.5) is 8.78 Å². The van der Waals surface area contributed by atoms with Gasteiger partial charge in [0.15, 0.2) is 0 Å². The predicted octanol–water partition coefficient (Wildman–Crippen LogP) is 3.74. The van der Waals surface area contributed by atoms with Gasteiger partial charge in [-0.1, -0.05) is 28.8 Å². The Kier molecular flexibility index (Phi) is 4.91. The summed E-state index contributed by atoms with van der Waals surface area (Å²) >= 11 is 3.32. The molecule has 0 unspecified atom stereocenters. The summed E-state index contributed by atoms with van der Waals surface area (Å²) in [4.78, 5) is 14.1. The molecule has 19 heavy (non-hydrogen) atoms. The summed E-state index contributed by atoms with van der Waals surface area (Å²) < 4.78 is 26.6. The lowest BCUT2D eigenvalue weighted by Gasteiger charge is -2.28. The smallest absolute Gasteiger partial charge is 0.257 e. The molecule has 1 aliphatic rings. The molecule has 1 aromatic carbocycles. The maximum atomic E-state index is 13.7. The SMILES string of the molecule is O=C(c1ccc(F)cc1F)N(CCBr)C1CCCC1. The Balaban J connectivity index is 2.22. The molecule has 0 bridgehead atoms. The fraction of sp³-hybridized carbons (Fsp3) is 0.500. The second-order valence-corrected chi connectivity index (χ2v) is 5.54. The van der Waals surface area contributed by atoms with Gasteiger partial charge in [-0.3, -0.25) is 4.79 Å². The topological polar surface area (TPSA) is 20.3 Å². The van der Waals surface area contributed by atoms with E-state index in [4.69, 9.17) is 0 Å². The van der Waals surface area contributed by atoms with E-state index in [0.29, 0.717) is 11.9 Å². The normalized spacial score (nSPS) is 15.7. The van der Waals surface area contributed by atoms with Crippen molar-refractivity contribution in [3.63, 3.8) is 0 Å². The van der Waals surface area contributed by atoms with E-state index in [2.05, 4.69) is 15.9 Å². The van der Waals surface area contributed by atoms with Crippen molar-refractivity contribution in [3.05, 3.63) is 35.4 Å². The lowest BCUT2D eigenvalue weighted by molar-refractivity contribution is 0.0691. The van der Waals surface area contributed by atoms with Crippen molar-refractivity contribution in [2.45, 2.75) is 31.7 Å². The average Bonchev–Trinajstić information content (AvgIpc) is 2.89. The highest BCUT2D eigenvalue weighted by Gasteiger charge is 2.28. The minimum atomic E-state index is -0.789. The molecule has 0 heterocycles. The number of halogens is 3. The van der Waals surface area contributed by atoms with Crippen LogP contribution in [0.1, 0.15) is 36.0 Å². The van der Waals surface area contributed by atoms with E-state index in [1.54, 1.807) is 4.90 Å². The molecule has 0 spiro atoms. The molecule has 1 aromatic rings. The van der Waals surface area contributed by atoms with E-state index < -0.39 is 11.6 Å². The third kappa shape index (κ3) is 3.32. The van der Waals surface area contributed by atoms with Crippen LogP contribution in [0.5, 0.6) is 0 Å². The molecule has 0 aliphatic heterocycles. The Morgan fingerprint density at radius 1 is 1.32 bits per heavy atom. The Bertz CT molecular complexity index is 461. The monoisotopic (exact) mass is 331 g/mol. The van der Waals surface area contributed by atoms with Crippen LogP contribution >= 0.6 is 15.9 Å². The average molecular weight is 332 g/mol. The maximum absolute atomic E-state index is 13.7. The summed E-state index contributed by atoms with van der Waals surface area (Å²) in [5.74, 6) is -1.80. The van der Waals surface area contributed by atoms with Crippen LogP contribution in [-0.2, 0) is 0 Å². The van der Waals surface area contributed by atoms with Crippen molar-refractivity contribution in [3.8, 4) is 0 Å². The number of hydrogen-bond donors (Lipinski definition) is 0. The van der Waals surface area contributed by atoms with Gasteiger partial charge in [0.25, 0.3) is 5.91 Å². The highest BCUT2D eigenvalue weighted by molar-refractivity contribution is 9.09. The molecular weight excluding hydrogens is 316 g/mol. The van der Waals surface area contributed by atoms with E-state index in [1.165, 1.54) is 6.07 Å². The highest BCUT2D eigenvalue weighted by atomic mass is 79.9. The summed E-state index contributed by atoms with van der Waals surface area (Å²) in [5.41, 5.74) is -0.0470. The zero-order valence-electron chi connectivity index (χ0n) is 10.5. The molecule has 0 N–H and O–H groups in total. The van der Waals surface area contributed by atoms with Crippen molar-refractivity contribution >= 4 is 21.8 Å². The van der Waals surface area contributed by atoms with Gasteiger partial charge in [-0.25, -0.2) is 8.78 Å². The number of amides is 1. The van der Waals surface area contributed by atoms with Crippen LogP contribution in [0.15, 0.2) is 18.2 Å². The Labute approximate surface area is 119 Å². The largest absolute Gasteiger partial charge is 0.335 e.